The van der Waals surface area contributed by atoms with Gasteiger partial charge in [-0.2, -0.15) is 0 Å². The van der Waals surface area contributed by atoms with Gasteiger partial charge in [-0.3, -0.25) is 0 Å². The molecule has 0 fully saturated rings. The molecule has 1 aliphatic carbocycles. The molecule has 1 aliphatic rings. The number of hydrogen-bond donors (Lipinski definition) is 0. The van der Waals surface area contributed by atoms with Crippen molar-refractivity contribution in [1.29, 1.82) is 0 Å². The second-order valence-corrected chi connectivity index (χ2v) is 4.15. The van der Waals surface area contributed by atoms with Crippen LogP contribution in [0.2, 0.25) is 0 Å². The average Bonchev–Trinajstić information content (AvgIpc) is 2.14. The Kier molecular flexibility index (Phi) is 3.00. The maximum absolute atomic E-state index is 2.28. The molecule has 0 unspecified atom stereocenters. The normalized spacial score (nSPS) is 18.4. The average molecular weight is 132 g/mol. The Morgan fingerprint density at radius 1 is 1.75 bits per heavy atom. The summed E-state index contributed by atoms with van der Waals surface area (Å²) in [6.07, 6.45) is 7.07. The summed E-state index contributed by atoms with van der Waals surface area (Å²) < 4.78 is 1.74. The Morgan fingerprint density at radius 3 is 2.75 bits per heavy atom. The van der Waals surface area contributed by atoms with Crippen molar-refractivity contribution in [2.75, 3.05) is 0 Å². The van der Waals surface area contributed by atoms with Crippen LogP contribution in [0.4, 0.5) is 0 Å². The van der Waals surface area contributed by atoms with Crippen LogP contribution in [0.1, 0.15) is 19.8 Å². The summed E-state index contributed by atoms with van der Waals surface area (Å²) in [6.45, 7) is 2.23. The molecule has 0 heterocycles. The summed E-state index contributed by atoms with van der Waals surface area (Å²) in [5, 5.41) is 0. The van der Waals surface area contributed by atoms with Crippen LogP contribution in [0.15, 0.2) is 17.4 Å². The van der Waals surface area contributed by atoms with Gasteiger partial charge in [0.25, 0.3) is 0 Å². The predicted octanol–water partition coefficient (Wildman–Crippen LogP) is 1.78. The topological polar surface area (TPSA) is 0 Å². The van der Waals surface area contributed by atoms with Crippen molar-refractivity contribution < 1.29 is 0 Å². The van der Waals surface area contributed by atoms with Gasteiger partial charge in [0.15, 0.2) is 0 Å². The van der Waals surface area contributed by atoms with E-state index in [0.29, 0.717) is 0 Å². The zero-order valence-electron chi connectivity index (χ0n) is 5.57. The molecular formula is C7H9K. The SMILES string of the molecule is CCC1=[C]([K])CC=C1. The fourth-order valence-electron chi connectivity index (χ4n) is 1.07. The summed E-state index contributed by atoms with van der Waals surface area (Å²) in [6, 6.07) is 0. The molecule has 0 aromatic heterocycles. The third-order valence-electron chi connectivity index (χ3n) is 1.67. The van der Waals surface area contributed by atoms with E-state index >= 15 is 0 Å². The molecule has 0 amide bonds. The number of rotatable bonds is 1. The molecule has 0 aliphatic heterocycles. The fourth-order valence-corrected chi connectivity index (χ4v) is 2.25. The van der Waals surface area contributed by atoms with Gasteiger partial charge in [-0.25, -0.2) is 0 Å². The van der Waals surface area contributed by atoms with Crippen molar-refractivity contribution >= 4 is 49.0 Å². The van der Waals surface area contributed by atoms with E-state index in [2.05, 4.69) is 19.1 Å². The van der Waals surface area contributed by atoms with E-state index in [0.717, 1.165) is 49.0 Å². The van der Waals surface area contributed by atoms with Crippen LogP contribution in [0.5, 0.6) is 0 Å². The van der Waals surface area contributed by atoms with E-state index in [-0.39, 0.29) is 0 Å². The van der Waals surface area contributed by atoms with Gasteiger partial charge >= 0.3 is 86.1 Å². The first kappa shape index (κ1) is 7.23. The molecule has 0 N–H and O–H groups in total. The molecule has 0 aromatic carbocycles. The van der Waals surface area contributed by atoms with Gasteiger partial charge < -0.3 is 0 Å². The summed E-state index contributed by atoms with van der Waals surface area (Å²) in [5.74, 6) is 0. The molecule has 8 heavy (non-hydrogen) atoms. The van der Waals surface area contributed by atoms with Crippen molar-refractivity contribution in [2.45, 2.75) is 19.8 Å². The predicted molar refractivity (Wildman–Crippen MR) is 36.8 cm³/mol. The standard InChI is InChI=1S/C7H9.K/c1-2-7-5-3-4-6-7;/h3,5H,2,4H2,1H3;. The Labute approximate surface area is 84.6 Å². The Balaban J connectivity index is 2.70. The van der Waals surface area contributed by atoms with Crippen LogP contribution >= 0.6 is 0 Å². The zero-order chi connectivity index (χ0) is 5.98. The maximum atomic E-state index is 2.28. The first-order valence-electron chi connectivity index (χ1n) is 3.19. The summed E-state index contributed by atoms with van der Waals surface area (Å²) in [7, 11) is 0. The van der Waals surface area contributed by atoms with Crippen LogP contribution in [-0.4, -0.2) is 49.0 Å². The van der Waals surface area contributed by atoms with E-state index in [4.69, 9.17) is 0 Å². The quantitative estimate of drug-likeness (QED) is 0.477. The second-order valence-electron chi connectivity index (χ2n) is 2.27. The van der Waals surface area contributed by atoms with Gasteiger partial charge in [0, 0.05) is 0 Å². The van der Waals surface area contributed by atoms with Gasteiger partial charge in [0.1, 0.15) is 0 Å². The Morgan fingerprint density at radius 2 is 2.50 bits per heavy atom. The van der Waals surface area contributed by atoms with Crippen molar-refractivity contribution in [3.63, 3.8) is 0 Å². The molecule has 1 rings (SSSR count). The van der Waals surface area contributed by atoms with E-state index in [1.807, 2.05) is 0 Å². The first-order valence-corrected chi connectivity index (χ1v) is 4.76. The van der Waals surface area contributed by atoms with Crippen LogP contribution in [0.3, 0.4) is 0 Å². The molecule has 0 saturated carbocycles. The zero-order valence-corrected chi connectivity index (χ0v) is 8.69. The van der Waals surface area contributed by atoms with Gasteiger partial charge in [0.2, 0.25) is 0 Å². The molecule has 0 saturated heterocycles. The van der Waals surface area contributed by atoms with E-state index in [9.17, 15) is 0 Å². The number of hydrogen-bond acceptors (Lipinski definition) is 0. The summed E-state index contributed by atoms with van der Waals surface area (Å²) in [4.78, 5) is 0. The van der Waals surface area contributed by atoms with Gasteiger partial charge in [-0.05, 0) is 0 Å². The van der Waals surface area contributed by atoms with Crippen LogP contribution in [-0.2, 0) is 0 Å². The van der Waals surface area contributed by atoms with E-state index in [1.54, 1.807) is 5.24 Å². The molecule has 0 nitrogen and oxygen atoms in total. The van der Waals surface area contributed by atoms with Gasteiger partial charge in [-0.15, -0.1) is 0 Å². The molecule has 0 bridgehead atoms. The van der Waals surface area contributed by atoms with E-state index in [1.165, 1.54) is 12.8 Å². The molecule has 1 heteroatoms. The molecule has 0 spiro atoms. The Bertz CT molecular complexity index is 142. The van der Waals surface area contributed by atoms with Crippen LogP contribution in [0, 0.1) is 0 Å². The molecule has 0 radical (unpaired) electrons. The molecule has 0 aromatic rings. The molecule has 0 atom stereocenters. The third kappa shape index (κ3) is 1.55. The van der Waals surface area contributed by atoms with Crippen molar-refractivity contribution in [3.8, 4) is 0 Å². The van der Waals surface area contributed by atoms with Crippen molar-refractivity contribution in [1.82, 2.24) is 0 Å². The summed E-state index contributed by atoms with van der Waals surface area (Å²) >= 11 is 0.932. The summed E-state index contributed by atoms with van der Waals surface area (Å²) in [5.41, 5.74) is 1.62. The minimum atomic E-state index is 0.932. The monoisotopic (exact) mass is 132 g/mol. The van der Waals surface area contributed by atoms with Crippen LogP contribution in [0.25, 0.3) is 0 Å². The van der Waals surface area contributed by atoms with Crippen LogP contribution < -0.4 is 0 Å². The molecular weight excluding hydrogens is 123 g/mol. The number of allylic oxidation sites excluding steroid dienone is 4. The van der Waals surface area contributed by atoms with Crippen molar-refractivity contribution in [2.24, 2.45) is 0 Å². The minimum absolute atomic E-state index is 0.932. The van der Waals surface area contributed by atoms with Gasteiger partial charge in [0.05, 0.1) is 0 Å². The van der Waals surface area contributed by atoms with Crippen molar-refractivity contribution in [3.05, 3.63) is 17.4 Å². The molecule has 38 valence electrons. The van der Waals surface area contributed by atoms with E-state index < -0.39 is 0 Å². The first-order chi connectivity index (χ1) is 3.84. The second kappa shape index (κ2) is 3.33. The fraction of sp³-hybridized carbons (Fsp3) is 0.429. The third-order valence-corrected chi connectivity index (χ3v) is 3.31. The van der Waals surface area contributed by atoms with Gasteiger partial charge in [-0.1, -0.05) is 0 Å². The Hall–Kier alpha value is 1.12.